The number of aliphatic hydroxyl groups excluding tert-OH is 1. The number of hydrogen-bond acceptors (Lipinski definition) is 3. The molecule has 0 bridgehead atoms. The Morgan fingerprint density at radius 1 is 1.28 bits per heavy atom. The Labute approximate surface area is 108 Å². The summed E-state index contributed by atoms with van der Waals surface area (Å²) in [6.07, 6.45) is 6.48. The summed E-state index contributed by atoms with van der Waals surface area (Å²) >= 11 is 0. The molecule has 1 aromatic carbocycles. The molecule has 3 rings (SSSR count). The lowest BCUT2D eigenvalue weighted by atomic mass is 9.96. The van der Waals surface area contributed by atoms with Crippen LogP contribution in [0.1, 0.15) is 49.3 Å². The van der Waals surface area contributed by atoms with Crippen molar-refractivity contribution in [2.24, 2.45) is 0 Å². The van der Waals surface area contributed by atoms with Crippen molar-refractivity contribution in [3.8, 4) is 5.75 Å². The normalized spacial score (nSPS) is 25.3. The van der Waals surface area contributed by atoms with E-state index < -0.39 is 0 Å². The van der Waals surface area contributed by atoms with Crippen LogP contribution in [0.15, 0.2) is 18.2 Å². The summed E-state index contributed by atoms with van der Waals surface area (Å²) < 4.78 is 0. The molecule has 18 heavy (non-hydrogen) atoms. The maximum Gasteiger partial charge on any atom is 0.119 e. The zero-order valence-electron chi connectivity index (χ0n) is 10.7. The smallest absolute Gasteiger partial charge is 0.119 e. The number of rotatable bonds is 3. The van der Waals surface area contributed by atoms with Gasteiger partial charge < -0.3 is 15.5 Å². The van der Waals surface area contributed by atoms with Crippen LogP contribution in [0.25, 0.3) is 0 Å². The van der Waals surface area contributed by atoms with Crippen LogP contribution in [0, 0.1) is 0 Å². The number of fused-ring (bicyclic) bond motifs is 1. The summed E-state index contributed by atoms with van der Waals surface area (Å²) in [6, 6.07) is 6.06. The summed E-state index contributed by atoms with van der Waals surface area (Å²) in [6.45, 7) is 0.220. The van der Waals surface area contributed by atoms with Crippen molar-refractivity contribution >= 4 is 0 Å². The molecule has 0 radical (unpaired) electrons. The average molecular weight is 247 g/mol. The molecule has 98 valence electrons. The first-order chi connectivity index (χ1) is 8.74. The molecule has 1 atom stereocenters. The molecule has 0 aliphatic heterocycles. The molecule has 1 unspecified atom stereocenters. The Hall–Kier alpha value is -1.06. The van der Waals surface area contributed by atoms with Crippen molar-refractivity contribution in [1.82, 2.24) is 5.32 Å². The number of phenols is 1. The number of aromatic hydroxyl groups is 1. The van der Waals surface area contributed by atoms with Gasteiger partial charge in [0.05, 0.1) is 6.61 Å². The van der Waals surface area contributed by atoms with Gasteiger partial charge in [-0.2, -0.15) is 0 Å². The van der Waals surface area contributed by atoms with Crippen molar-refractivity contribution in [2.45, 2.75) is 50.1 Å². The predicted octanol–water partition coefficient (Wildman–Crippen LogP) is 2.27. The molecule has 2 aliphatic rings. The van der Waals surface area contributed by atoms with Crippen molar-refractivity contribution in [3.05, 3.63) is 29.3 Å². The topological polar surface area (TPSA) is 52.5 Å². The summed E-state index contributed by atoms with van der Waals surface area (Å²) in [7, 11) is 0. The van der Waals surface area contributed by atoms with Gasteiger partial charge in [0.25, 0.3) is 0 Å². The molecule has 1 saturated carbocycles. The Bertz CT molecular complexity index is 438. The van der Waals surface area contributed by atoms with Gasteiger partial charge in [-0.25, -0.2) is 0 Å². The SMILES string of the molecule is OCC1(NC2CCc3c(O)cccc32)CCCC1. The molecule has 0 heterocycles. The zero-order chi connectivity index (χ0) is 12.6. The number of hydrogen-bond donors (Lipinski definition) is 3. The van der Waals surface area contributed by atoms with Gasteiger partial charge in [-0.15, -0.1) is 0 Å². The first kappa shape index (κ1) is 12.0. The Morgan fingerprint density at radius 3 is 2.78 bits per heavy atom. The Balaban J connectivity index is 1.82. The van der Waals surface area contributed by atoms with E-state index in [1.54, 1.807) is 6.07 Å². The molecule has 1 aromatic rings. The van der Waals surface area contributed by atoms with Crippen LogP contribution in [0.2, 0.25) is 0 Å². The van der Waals surface area contributed by atoms with Crippen molar-refractivity contribution in [3.63, 3.8) is 0 Å². The van der Waals surface area contributed by atoms with Crippen LogP contribution < -0.4 is 5.32 Å². The van der Waals surface area contributed by atoms with Gasteiger partial charge in [-0.1, -0.05) is 25.0 Å². The second kappa shape index (κ2) is 4.56. The monoisotopic (exact) mass is 247 g/mol. The third-order valence-electron chi connectivity index (χ3n) is 4.59. The third-order valence-corrected chi connectivity index (χ3v) is 4.59. The highest BCUT2D eigenvalue weighted by Gasteiger charge is 2.37. The molecule has 0 amide bonds. The second-order valence-corrected chi connectivity index (χ2v) is 5.73. The van der Waals surface area contributed by atoms with Gasteiger partial charge in [-0.3, -0.25) is 0 Å². The zero-order valence-corrected chi connectivity index (χ0v) is 10.7. The average Bonchev–Trinajstić information content (AvgIpc) is 2.99. The number of benzene rings is 1. The highest BCUT2D eigenvalue weighted by molar-refractivity contribution is 5.44. The highest BCUT2D eigenvalue weighted by atomic mass is 16.3. The van der Waals surface area contributed by atoms with Crippen molar-refractivity contribution in [1.29, 1.82) is 0 Å². The highest BCUT2D eigenvalue weighted by Crippen LogP contribution is 2.39. The summed E-state index contributed by atoms with van der Waals surface area (Å²) in [5, 5.41) is 23.2. The van der Waals surface area contributed by atoms with E-state index >= 15 is 0 Å². The Morgan fingerprint density at radius 2 is 2.06 bits per heavy atom. The van der Waals surface area contributed by atoms with E-state index in [4.69, 9.17) is 0 Å². The standard InChI is InChI=1S/C15H21NO2/c17-10-15(8-1-2-9-15)16-13-7-6-12-11(13)4-3-5-14(12)18/h3-5,13,16-18H,1-2,6-10H2. The summed E-state index contributed by atoms with van der Waals surface area (Å²) in [4.78, 5) is 0. The van der Waals surface area contributed by atoms with Gasteiger partial charge in [0, 0.05) is 11.6 Å². The first-order valence-electron chi connectivity index (χ1n) is 6.93. The van der Waals surface area contributed by atoms with E-state index in [0.29, 0.717) is 5.75 Å². The van der Waals surface area contributed by atoms with Crippen molar-refractivity contribution < 1.29 is 10.2 Å². The number of nitrogens with one attached hydrogen (secondary N) is 1. The number of phenolic OH excluding ortho intramolecular Hbond substituents is 1. The first-order valence-corrected chi connectivity index (χ1v) is 6.93. The predicted molar refractivity (Wildman–Crippen MR) is 70.6 cm³/mol. The van der Waals surface area contributed by atoms with Gasteiger partial charge in [0.1, 0.15) is 5.75 Å². The van der Waals surface area contributed by atoms with E-state index in [9.17, 15) is 10.2 Å². The maximum atomic E-state index is 9.85. The van der Waals surface area contributed by atoms with Crippen LogP contribution in [-0.4, -0.2) is 22.4 Å². The van der Waals surface area contributed by atoms with E-state index in [-0.39, 0.29) is 18.2 Å². The minimum absolute atomic E-state index is 0.0856. The van der Waals surface area contributed by atoms with Crippen LogP contribution in [-0.2, 0) is 6.42 Å². The molecule has 3 heteroatoms. The lowest BCUT2D eigenvalue weighted by Crippen LogP contribution is -2.47. The quantitative estimate of drug-likeness (QED) is 0.768. The minimum atomic E-state index is -0.0856. The molecule has 0 spiro atoms. The van der Waals surface area contributed by atoms with Gasteiger partial charge in [-0.05, 0) is 42.9 Å². The van der Waals surface area contributed by atoms with E-state index in [1.807, 2.05) is 6.07 Å². The molecule has 1 fully saturated rings. The van der Waals surface area contributed by atoms with Crippen LogP contribution >= 0.6 is 0 Å². The van der Waals surface area contributed by atoms with Gasteiger partial charge >= 0.3 is 0 Å². The molecule has 0 aromatic heterocycles. The number of aliphatic hydroxyl groups is 1. The molecule has 0 saturated heterocycles. The molecular weight excluding hydrogens is 226 g/mol. The fraction of sp³-hybridized carbons (Fsp3) is 0.600. The molecule has 3 N–H and O–H groups in total. The largest absolute Gasteiger partial charge is 0.508 e. The van der Waals surface area contributed by atoms with Gasteiger partial charge in [0.2, 0.25) is 0 Å². The van der Waals surface area contributed by atoms with E-state index in [2.05, 4.69) is 11.4 Å². The lowest BCUT2D eigenvalue weighted by molar-refractivity contribution is 0.150. The fourth-order valence-corrected chi connectivity index (χ4v) is 3.55. The second-order valence-electron chi connectivity index (χ2n) is 5.73. The Kier molecular flexibility index (Phi) is 3.04. The minimum Gasteiger partial charge on any atom is -0.508 e. The van der Waals surface area contributed by atoms with Crippen molar-refractivity contribution in [2.75, 3.05) is 6.61 Å². The summed E-state index contributed by atoms with van der Waals surface area (Å²) in [5.74, 6) is 0.418. The van der Waals surface area contributed by atoms with E-state index in [0.717, 1.165) is 31.2 Å². The van der Waals surface area contributed by atoms with Crippen LogP contribution in [0.3, 0.4) is 0 Å². The van der Waals surface area contributed by atoms with Gasteiger partial charge in [0.15, 0.2) is 0 Å². The maximum absolute atomic E-state index is 9.85. The lowest BCUT2D eigenvalue weighted by Gasteiger charge is -2.32. The molecule has 2 aliphatic carbocycles. The van der Waals surface area contributed by atoms with Crippen LogP contribution in [0.4, 0.5) is 0 Å². The molecular formula is C15H21NO2. The van der Waals surface area contributed by atoms with E-state index in [1.165, 1.54) is 18.4 Å². The summed E-state index contributed by atoms with van der Waals surface area (Å²) in [5.41, 5.74) is 2.22. The molecule has 3 nitrogen and oxygen atoms in total. The third kappa shape index (κ3) is 1.91. The van der Waals surface area contributed by atoms with Crippen LogP contribution in [0.5, 0.6) is 5.75 Å². The fourth-order valence-electron chi connectivity index (χ4n) is 3.55.